The first-order chi connectivity index (χ1) is 7.54. The second-order valence-electron chi connectivity index (χ2n) is 3.40. The Kier molecular flexibility index (Phi) is 3.87. The topological polar surface area (TPSA) is 106 Å². The number of nitrogens with zero attached hydrogens (tertiary/aromatic N) is 3. The number of hydrogen-bond donors (Lipinski definition) is 3. The molecule has 0 bridgehead atoms. The molecule has 1 aromatic rings. The molecule has 88 valence electrons. The lowest BCUT2D eigenvalue weighted by atomic mass is 10.2. The van der Waals surface area contributed by atoms with Crippen LogP contribution in [-0.4, -0.2) is 33.3 Å². The van der Waals surface area contributed by atoms with Crippen molar-refractivity contribution in [2.24, 2.45) is 17.9 Å². The third kappa shape index (κ3) is 2.97. The third-order valence-electron chi connectivity index (χ3n) is 2.05. The van der Waals surface area contributed by atoms with Crippen LogP contribution in [0.15, 0.2) is 11.4 Å². The molecule has 1 amide bonds. The quantitative estimate of drug-likeness (QED) is 0.280. The maximum Gasteiger partial charge on any atom is 0.254 e. The normalized spacial score (nSPS) is 11.5. The molecule has 1 heterocycles. The van der Waals surface area contributed by atoms with Gasteiger partial charge < -0.3 is 16.3 Å². The van der Waals surface area contributed by atoms with E-state index < -0.39 is 0 Å². The summed E-state index contributed by atoms with van der Waals surface area (Å²) in [6, 6.07) is 0. The summed E-state index contributed by atoms with van der Waals surface area (Å²) in [6.07, 6.45) is 1.95. The van der Waals surface area contributed by atoms with Crippen LogP contribution < -0.4 is 11.1 Å². The van der Waals surface area contributed by atoms with Crippen LogP contribution in [-0.2, 0) is 7.05 Å². The average Bonchev–Trinajstić information content (AvgIpc) is 2.57. The van der Waals surface area contributed by atoms with Crippen LogP contribution in [0.3, 0.4) is 0 Å². The van der Waals surface area contributed by atoms with Crippen molar-refractivity contribution < 1.29 is 10.0 Å². The Labute approximate surface area is 92.9 Å². The predicted molar refractivity (Wildman–Crippen MR) is 58.3 cm³/mol. The molecule has 0 aliphatic carbocycles. The van der Waals surface area contributed by atoms with E-state index in [0.717, 1.165) is 0 Å². The number of aromatic nitrogens is 2. The summed E-state index contributed by atoms with van der Waals surface area (Å²) >= 11 is 0. The molecule has 0 aliphatic rings. The zero-order valence-electron chi connectivity index (χ0n) is 9.27. The Morgan fingerprint density at radius 2 is 2.44 bits per heavy atom. The predicted octanol–water partition coefficient (Wildman–Crippen LogP) is -0.405. The van der Waals surface area contributed by atoms with Crippen LogP contribution in [0.4, 0.5) is 0 Å². The molecular weight excluding hydrogens is 210 g/mol. The second-order valence-corrected chi connectivity index (χ2v) is 3.40. The summed E-state index contributed by atoms with van der Waals surface area (Å²) in [6.45, 7) is 2.08. The van der Waals surface area contributed by atoms with Gasteiger partial charge in [-0.2, -0.15) is 5.10 Å². The standard InChI is InChI=1S/C9H15N5O2/c1-6-7(5-14(2)12-6)9(15)11-4-3-8(10)13-16/h5,16H,3-4H2,1-2H3,(H2,10,13)(H,11,15). The molecule has 1 aromatic heterocycles. The highest BCUT2D eigenvalue weighted by Crippen LogP contribution is 2.03. The molecule has 0 saturated heterocycles. The summed E-state index contributed by atoms with van der Waals surface area (Å²) in [5.74, 6) is -0.125. The van der Waals surface area contributed by atoms with Crippen molar-refractivity contribution in [3.05, 3.63) is 17.5 Å². The summed E-state index contributed by atoms with van der Waals surface area (Å²) in [5.41, 5.74) is 6.46. The van der Waals surface area contributed by atoms with E-state index in [1.54, 1.807) is 24.9 Å². The fourth-order valence-corrected chi connectivity index (χ4v) is 1.27. The molecule has 0 aliphatic heterocycles. The van der Waals surface area contributed by atoms with Gasteiger partial charge in [0.15, 0.2) is 0 Å². The third-order valence-corrected chi connectivity index (χ3v) is 2.05. The molecule has 4 N–H and O–H groups in total. The van der Waals surface area contributed by atoms with Gasteiger partial charge in [-0.05, 0) is 6.92 Å². The van der Waals surface area contributed by atoms with Crippen LogP contribution in [0, 0.1) is 6.92 Å². The lowest BCUT2D eigenvalue weighted by Crippen LogP contribution is -2.28. The van der Waals surface area contributed by atoms with Crippen LogP contribution in [0.5, 0.6) is 0 Å². The van der Waals surface area contributed by atoms with Gasteiger partial charge in [0, 0.05) is 26.2 Å². The van der Waals surface area contributed by atoms with E-state index in [1.807, 2.05) is 0 Å². The summed E-state index contributed by atoms with van der Waals surface area (Å²) in [7, 11) is 1.75. The Bertz CT molecular complexity index is 410. The average molecular weight is 225 g/mol. The van der Waals surface area contributed by atoms with Gasteiger partial charge in [-0.3, -0.25) is 9.48 Å². The number of carbonyl (C=O) groups excluding carboxylic acids is 1. The van der Waals surface area contributed by atoms with Gasteiger partial charge >= 0.3 is 0 Å². The second kappa shape index (κ2) is 5.15. The smallest absolute Gasteiger partial charge is 0.254 e. The van der Waals surface area contributed by atoms with Crippen LogP contribution in [0.25, 0.3) is 0 Å². The van der Waals surface area contributed by atoms with E-state index in [1.165, 1.54) is 0 Å². The first kappa shape index (κ1) is 12.0. The fraction of sp³-hybridized carbons (Fsp3) is 0.444. The van der Waals surface area contributed by atoms with Crippen LogP contribution >= 0.6 is 0 Å². The molecule has 16 heavy (non-hydrogen) atoms. The van der Waals surface area contributed by atoms with Crippen LogP contribution in [0.2, 0.25) is 0 Å². The molecule has 0 atom stereocenters. The molecule has 7 heteroatoms. The van der Waals surface area contributed by atoms with Gasteiger partial charge in [0.1, 0.15) is 5.84 Å². The molecule has 0 unspecified atom stereocenters. The highest BCUT2D eigenvalue weighted by Gasteiger charge is 2.11. The fourth-order valence-electron chi connectivity index (χ4n) is 1.27. The van der Waals surface area contributed by atoms with Gasteiger partial charge in [-0.15, -0.1) is 0 Å². The van der Waals surface area contributed by atoms with Gasteiger partial charge in [0.05, 0.1) is 11.3 Å². The number of carbonyl (C=O) groups is 1. The lowest BCUT2D eigenvalue weighted by Gasteiger charge is -2.02. The largest absolute Gasteiger partial charge is 0.409 e. The lowest BCUT2D eigenvalue weighted by molar-refractivity contribution is 0.0954. The maximum atomic E-state index is 11.6. The van der Waals surface area contributed by atoms with Crippen LogP contribution in [0.1, 0.15) is 22.5 Å². The molecular formula is C9H15N5O2. The maximum absolute atomic E-state index is 11.6. The number of nitrogens with two attached hydrogens (primary N) is 1. The van der Waals surface area contributed by atoms with Gasteiger partial charge in [-0.25, -0.2) is 0 Å². The number of aryl methyl sites for hydroxylation is 2. The Hall–Kier alpha value is -2.05. The van der Waals surface area contributed by atoms with Crippen molar-refractivity contribution >= 4 is 11.7 Å². The summed E-state index contributed by atoms with van der Waals surface area (Å²) in [4.78, 5) is 11.6. The van der Waals surface area contributed by atoms with Crippen molar-refractivity contribution in [1.29, 1.82) is 0 Å². The summed E-state index contributed by atoms with van der Waals surface area (Å²) < 4.78 is 1.58. The Balaban J connectivity index is 2.50. The number of amides is 1. The van der Waals surface area contributed by atoms with E-state index in [0.29, 0.717) is 24.2 Å². The van der Waals surface area contributed by atoms with Gasteiger partial charge in [-0.1, -0.05) is 5.16 Å². The monoisotopic (exact) mass is 225 g/mol. The van der Waals surface area contributed by atoms with Crippen molar-refractivity contribution in [2.45, 2.75) is 13.3 Å². The number of nitrogens with one attached hydrogen (secondary N) is 1. The van der Waals surface area contributed by atoms with E-state index in [9.17, 15) is 4.79 Å². The number of rotatable bonds is 4. The Morgan fingerprint density at radius 1 is 1.75 bits per heavy atom. The molecule has 1 rings (SSSR count). The molecule has 0 spiro atoms. The minimum absolute atomic E-state index is 0.0863. The van der Waals surface area contributed by atoms with E-state index >= 15 is 0 Å². The molecule has 0 fully saturated rings. The van der Waals surface area contributed by atoms with Gasteiger partial charge in [0.25, 0.3) is 5.91 Å². The van der Waals surface area contributed by atoms with Crippen molar-refractivity contribution in [3.63, 3.8) is 0 Å². The highest BCUT2D eigenvalue weighted by atomic mass is 16.4. The SMILES string of the molecule is Cc1nn(C)cc1C(=O)NCC/C(N)=N/O. The van der Waals surface area contributed by atoms with Crippen molar-refractivity contribution in [2.75, 3.05) is 6.54 Å². The first-order valence-corrected chi connectivity index (χ1v) is 4.79. The Morgan fingerprint density at radius 3 is 2.94 bits per heavy atom. The van der Waals surface area contributed by atoms with Crippen molar-refractivity contribution in [1.82, 2.24) is 15.1 Å². The zero-order chi connectivity index (χ0) is 12.1. The molecule has 0 saturated carbocycles. The summed E-state index contributed by atoms with van der Waals surface area (Å²) in [5, 5.41) is 17.8. The molecule has 7 nitrogen and oxygen atoms in total. The minimum atomic E-state index is -0.212. The minimum Gasteiger partial charge on any atom is -0.409 e. The molecule has 0 aromatic carbocycles. The molecule has 0 radical (unpaired) electrons. The number of amidine groups is 1. The van der Waals surface area contributed by atoms with Crippen molar-refractivity contribution in [3.8, 4) is 0 Å². The van der Waals surface area contributed by atoms with E-state index in [2.05, 4.69) is 15.6 Å². The highest BCUT2D eigenvalue weighted by molar-refractivity contribution is 5.95. The zero-order valence-corrected chi connectivity index (χ0v) is 9.27. The number of hydrogen-bond acceptors (Lipinski definition) is 4. The van der Waals surface area contributed by atoms with E-state index in [-0.39, 0.29) is 11.7 Å². The first-order valence-electron chi connectivity index (χ1n) is 4.79. The number of oxime groups is 1. The van der Waals surface area contributed by atoms with E-state index in [4.69, 9.17) is 10.9 Å². The van der Waals surface area contributed by atoms with Gasteiger partial charge in [0.2, 0.25) is 0 Å².